The molecule has 0 aliphatic carbocycles. The molecule has 0 unspecified atom stereocenters. The molecule has 4 nitrogen and oxygen atoms in total. The van der Waals surface area contributed by atoms with Crippen LogP contribution in [0.2, 0.25) is 0 Å². The fourth-order valence-corrected chi connectivity index (χ4v) is 2.33. The minimum atomic E-state index is -0.158. The summed E-state index contributed by atoms with van der Waals surface area (Å²) in [7, 11) is 1.87. The topological polar surface area (TPSA) is 44.7 Å². The van der Waals surface area contributed by atoms with Crippen molar-refractivity contribution in [2.24, 2.45) is 4.99 Å². The maximum absolute atomic E-state index is 12.0. The molecule has 1 amide bonds. The lowest BCUT2D eigenvalue weighted by molar-refractivity contribution is 0.100. The van der Waals surface area contributed by atoms with Gasteiger partial charge in [-0.15, -0.1) is 0 Å². The van der Waals surface area contributed by atoms with E-state index in [1.807, 2.05) is 38.2 Å². The van der Waals surface area contributed by atoms with Gasteiger partial charge in [-0.05, 0) is 18.6 Å². The first-order valence-corrected chi connectivity index (χ1v) is 5.58. The van der Waals surface area contributed by atoms with E-state index >= 15 is 0 Å². The van der Waals surface area contributed by atoms with Gasteiger partial charge in [0.1, 0.15) is 0 Å². The Morgan fingerprint density at radius 2 is 2.12 bits per heavy atom. The second-order valence-electron chi connectivity index (χ2n) is 4.35. The van der Waals surface area contributed by atoms with E-state index in [2.05, 4.69) is 10.4 Å². The maximum Gasteiger partial charge on any atom is 0.279 e. The quantitative estimate of drug-likeness (QED) is 0.730. The van der Waals surface area contributed by atoms with Gasteiger partial charge in [0, 0.05) is 30.3 Å². The second kappa shape index (κ2) is 3.45. The van der Waals surface area contributed by atoms with Crippen molar-refractivity contribution in [2.45, 2.75) is 13.3 Å². The number of nitrogens with zero attached hydrogens (tertiary/aromatic N) is 2. The number of hydrogen-bond donors (Lipinski definition) is 1. The molecule has 0 fully saturated rings. The van der Waals surface area contributed by atoms with E-state index in [-0.39, 0.29) is 5.91 Å². The lowest BCUT2D eigenvalue weighted by Gasteiger charge is -2.12. The maximum atomic E-state index is 12.0. The van der Waals surface area contributed by atoms with Crippen LogP contribution < -0.4 is 5.43 Å². The Balaban J connectivity index is 2.19. The second-order valence-corrected chi connectivity index (χ2v) is 4.35. The van der Waals surface area contributed by atoms with Crippen LogP contribution >= 0.6 is 0 Å². The van der Waals surface area contributed by atoms with E-state index in [1.54, 1.807) is 5.01 Å². The molecule has 2 heterocycles. The largest absolute Gasteiger partial charge is 0.301 e. The molecule has 0 saturated heterocycles. The zero-order chi connectivity index (χ0) is 12.0. The Morgan fingerprint density at radius 1 is 1.35 bits per heavy atom. The van der Waals surface area contributed by atoms with E-state index in [0.29, 0.717) is 5.56 Å². The van der Waals surface area contributed by atoms with Crippen LogP contribution in [0.1, 0.15) is 22.8 Å². The molecule has 3 rings (SSSR count). The van der Waals surface area contributed by atoms with Gasteiger partial charge in [-0.2, -0.15) is 4.99 Å². The molecule has 86 valence electrons. The molecule has 0 bridgehead atoms. The highest BCUT2D eigenvalue weighted by Crippen LogP contribution is 2.25. The highest BCUT2D eigenvalue weighted by molar-refractivity contribution is 6.12. The predicted octanol–water partition coefficient (Wildman–Crippen LogP) is 1.51. The lowest BCUT2D eigenvalue weighted by Crippen LogP contribution is -2.32. The van der Waals surface area contributed by atoms with E-state index in [0.717, 1.165) is 29.1 Å². The summed E-state index contributed by atoms with van der Waals surface area (Å²) in [5.41, 5.74) is 7.09. The van der Waals surface area contributed by atoms with Crippen molar-refractivity contribution in [1.82, 2.24) is 10.4 Å². The number of carbonyl (C=O) groups is 1. The van der Waals surface area contributed by atoms with Crippen molar-refractivity contribution in [2.75, 3.05) is 7.05 Å². The minimum absolute atomic E-state index is 0.158. The number of likely N-dealkylation sites (N-methyl/N-ethyl adjacent to an activating group) is 1. The van der Waals surface area contributed by atoms with Gasteiger partial charge in [-0.3, -0.25) is 9.80 Å². The summed E-state index contributed by atoms with van der Waals surface area (Å²) < 4.78 is 0. The van der Waals surface area contributed by atoms with Gasteiger partial charge in [0.15, 0.2) is 5.84 Å². The van der Waals surface area contributed by atoms with E-state index in [9.17, 15) is 4.79 Å². The van der Waals surface area contributed by atoms with Gasteiger partial charge >= 0.3 is 0 Å². The number of allylic oxidation sites excluding steroid dienone is 1. The monoisotopic (exact) mass is 227 g/mol. The summed E-state index contributed by atoms with van der Waals surface area (Å²) >= 11 is 0. The molecule has 0 saturated carbocycles. The van der Waals surface area contributed by atoms with Crippen LogP contribution in [0, 0.1) is 0 Å². The summed E-state index contributed by atoms with van der Waals surface area (Å²) in [5, 5.41) is 1.80. The number of rotatable bonds is 0. The van der Waals surface area contributed by atoms with Crippen molar-refractivity contribution in [3.63, 3.8) is 0 Å². The zero-order valence-electron chi connectivity index (χ0n) is 9.82. The molecule has 0 spiro atoms. The number of amidine groups is 1. The molecule has 0 atom stereocenters. The summed E-state index contributed by atoms with van der Waals surface area (Å²) in [5.74, 6) is 0.581. The van der Waals surface area contributed by atoms with Crippen LogP contribution in [0.4, 0.5) is 0 Å². The Labute approximate surface area is 99.6 Å². The minimum Gasteiger partial charge on any atom is -0.301 e. The number of aliphatic imine (C=N–C) groups is 1. The number of benzene rings is 1. The Bertz CT molecular complexity index is 572. The molecular weight excluding hydrogens is 214 g/mol. The third-order valence-corrected chi connectivity index (χ3v) is 3.20. The van der Waals surface area contributed by atoms with Gasteiger partial charge in [0.2, 0.25) is 0 Å². The molecule has 0 radical (unpaired) electrons. The van der Waals surface area contributed by atoms with E-state index in [1.165, 1.54) is 0 Å². The van der Waals surface area contributed by atoms with Gasteiger partial charge in [0.25, 0.3) is 5.91 Å². The van der Waals surface area contributed by atoms with Gasteiger partial charge in [0.05, 0.1) is 0 Å². The smallest absolute Gasteiger partial charge is 0.279 e. The third-order valence-electron chi connectivity index (χ3n) is 3.20. The summed E-state index contributed by atoms with van der Waals surface area (Å²) in [6.07, 6.45) is 0.754. The van der Waals surface area contributed by atoms with Crippen LogP contribution in [0.25, 0.3) is 0 Å². The highest BCUT2D eigenvalue weighted by Gasteiger charge is 2.28. The molecule has 0 aromatic heterocycles. The van der Waals surface area contributed by atoms with Crippen molar-refractivity contribution in [3.05, 3.63) is 46.7 Å². The van der Waals surface area contributed by atoms with Crippen LogP contribution in [0.15, 0.2) is 40.5 Å². The number of hydrazine groups is 1. The standard InChI is InChI=1S/C13H13N3O/c1-8-11-7-9-5-3-4-6-10(9)13(17)14-12(11)16(2)15-8/h3-6,15H,7H2,1-2H3. The summed E-state index contributed by atoms with van der Waals surface area (Å²) in [6.45, 7) is 2.01. The molecule has 4 heteroatoms. The molecule has 1 aromatic carbocycles. The van der Waals surface area contributed by atoms with Crippen molar-refractivity contribution in [1.29, 1.82) is 0 Å². The number of nitrogens with one attached hydrogen (secondary N) is 1. The SMILES string of the molecule is CC1=C2Cc3ccccc3C(=O)N=C2N(C)N1. The number of hydrogen-bond acceptors (Lipinski definition) is 3. The van der Waals surface area contributed by atoms with Crippen LogP contribution in [0.3, 0.4) is 0 Å². The Morgan fingerprint density at radius 3 is 2.94 bits per heavy atom. The summed E-state index contributed by atoms with van der Waals surface area (Å²) in [6, 6.07) is 7.66. The third kappa shape index (κ3) is 1.45. The average molecular weight is 227 g/mol. The zero-order valence-corrected chi connectivity index (χ0v) is 9.82. The van der Waals surface area contributed by atoms with Gasteiger partial charge < -0.3 is 5.43 Å². The normalized spacial score (nSPS) is 18.4. The molecule has 17 heavy (non-hydrogen) atoms. The predicted molar refractivity (Wildman–Crippen MR) is 65.5 cm³/mol. The van der Waals surface area contributed by atoms with Crippen LogP contribution in [-0.4, -0.2) is 23.8 Å². The van der Waals surface area contributed by atoms with Crippen molar-refractivity contribution < 1.29 is 4.79 Å². The molecular formula is C13H13N3O. The fourth-order valence-electron chi connectivity index (χ4n) is 2.33. The number of amides is 1. The highest BCUT2D eigenvalue weighted by atomic mass is 16.1. The van der Waals surface area contributed by atoms with Crippen molar-refractivity contribution in [3.8, 4) is 0 Å². The lowest BCUT2D eigenvalue weighted by atomic mass is 10.00. The Kier molecular flexibility index (Phi) is 2.04. The number of carbonyl (C=O) groups excluding carboxylic acids is 1. The first-order chi connectivity index (χ1) is 8.16. The fraction of sp³-hybridized carbons (Fsp3) is 0.231. The first kappa shape index (κ1) is 10.1. The number of fused-ring (bicyclic) bond motifs is 2. The average Bonchev–Trinajstić information content (AvgIpc) is 2.50. The van der Waals surface area contributed by atoms with Gasteiger partial charge in [-0.25, -0.2) is 0 Å². The van der Waals surface area contributed by atoms with Crippen LogP contribution in [-0.2, 0) is 6.42 Å². The summed E-state index contributed by atoms with van der Waals surface area (Å²) in [4.78, 5) is 16.2. The Hall–Kier alpha value is -2.10. The first-order valence-electron chi connectivity index (χ1n) is 5.58. The van der Waals surface area contributed by atoms with E-state index < -0.39 is 0 Å². The molecule has 1 aromatic rings. The molecule has 2 aliphatic heterocycles. The van der Waals surface area contributed by atoms with E-state index in [4.69, 9.17) is 0 Å². The van der Waals surface area contributed by atoms with Crippen molar-refractivity contribution >= 4 is 11.7 Å². The van der Waals surface area contributed by atoms with Crippen LogP contribution in [0.5, 0.6) is 0 Å². The van der Waals surface area contributed by atoms with Gasteiger partial charge in [-0.1, -0.05) is 18.2 Å². The molecule has 1 N–H and O–H groups in total. The molecule has 2 aliphatic rings.